The zero-order valence-electron chi connectivity index (χ0n) is 22.0. The monoisotopic (exact) mass is 534 g/mol. The van der Waals surface area contributed by atoms with Crippen LogP contribution in [-0.2, 0) is 33.8 Å². The van der Waals surface area contributed by atoms with Crippen LogP contribution in [0.25, 0.3) is 0 Å². The first-order valence-electron chi connectivity index (χ1n) is 12.7. The number of fused-ring (bicyclic) bond motifs is 1. The number of carbonyl (C=O) groups is 2. The first-order chi connectivity index (χ1) is 18.0. The highest BCUT2D eigenvalue weighted by Crippen LogP contribution is 2.35. The molecule has 0 N–H and O–H groups in total. The van der Waals surface area contributed by atoms with Gasteiger partial charge in [-0.1, -0.05) is 26.0 Å². The van der Waals surface area contributed by atoms with Gasteiger partial charge in [-0.2, -0.15) is 0 Å². The number of likely N-dealkylation sites (tertiary alicyclic amines) is 1. The smallest absolute Gasteiger partial charge is 0.489 e. The number of likely N-dealkylation sites (N-methyl/N-ethyl adjacent to an activating group) is 1. The molecular formula is C28H33F3N2O5. The van der Waals surface area contributed by atoms with Crippen molar-refractivity contribution in [3.05, 3.63) is 53.1 Å². The van der Waals surface area contributed by atoms with Gasteiger partial charge in [-0.25, -0.2) is 0 Å². The van der Waals surface area contributed by atoms with Crippen LogP contribution in [0, 0.1) is 5.92 Å². The predicted molar refractivity (Wildman–Crippen MR) is 135 cm³/mol. The summed E-state index contributed by atoms with van der Waals surface area (Å²) in [5.74, 6) is 0.106. The number of alkyl halides is 3. The summed E-state index contributed by atoms with van der Waals surface area (Å²) in [5.41, 5.74) is 2.74. The molecule has 2 aromatic carbocycles. The van der Waals surface area contributed by atoms with Crippen LogP contribution >= 0.6 is 0 Å². The number of hydrogen-bond acceptors (Lipinski definition) is 6. The van der Waals surface area contributed by atoms with E-state index in [-0.39, 0.29) is 35.7 Å². The second kappa shape index (κ2) is 11.2. The highest BCUT2D eigenvalue weighted by atomic mass is 19.4. The topological polar surface area (TPSA) is 68.3 Å². The zero-order chi connectivity index (χ0) is 27.6. The number of carbonyl (C=O) groups excluding carboxylic acids is 2. The fourth-order valence-electron chi connectivity index (χ4n) is 5.23. The highest BCUT2D eigenvalue weighted by molar-refractivity contribution is 5.99. The number of nitrogens with zero attached hydrogens (tertiary/aromatic N) is 2. The van der Waals surface area contributed by atoms with E-state index < -0.39 is 18.4 Å². The maximum absolute atomic E-state index is 13.3. The van der Waals surface area contributed by atoms with Gasteiger partial charge in [0.1, 0.15) is 24.1 Å². The Hall–Kier alpha value is -3.27. The van der Waals surface area contributed by atoms with E-state index in [4.69, 9.17) is 9.47 Å². The van der Waals surface area contributed by atoms with Crippen molar-refractivity contribution in [1.82, 2.24) is 4.90 Å². The van der Waals surface area contributed by atoms with E-state index in [0.717, 1.165) is 16.8 Å². The molecule has 0 bridgehead atoms. The van der Waals surface area contributed by atoms with Gasteiger partial charge in [-0.3, -0.25) is 14.5 Å². The molecule has 0 saturated carbocycles. The molecule has 0 radical (unpaired) electrons. The molecule has 0 unspecified atom stereocenters. The molecule has 2 aliphatic heterocycles. The van der Waals surface area contributed by atoms with Crippen molar-refractivity contribution in [3.63, 3.8) is 0 Å². The molecule has 10 heteroatoms. The van der Waals surface area contributed by atoms with Crippen molar-refractivity contribution in [2.45, 2.75) is 64.6 Å². The number of esters is 1. The Morgan fingerprint density at radius 3 is 2.50 bits per heavy atom. The summed E-state index contributed by atoms with van der Waals surface area (Å²) in [4.78, 5) is 28.8. The van der Waals surface area contributed by atoms with Gasteiger partial charge in [-0.05, 0) is 74.0 Å². The third-order valence-electron chi connectivity index (χ3n) is 7.06. The molecular weight excluding hydrogens is 501 g/mol. The summed E-state index contributed by atoms with van der Waals surface area (Å²) in [6, 6.07) is 9.28. The Labute approximate surface area is 220 Å². The summed E-state index contributed by atoms with van der Waals surface area (Å²) in [6.45, 7) is 4.40. The fraction of sp³-hybridized carbons (Fsp3) is 0.500. The SMILES string of the molecule is COC(=O)[C@@H]1CC[C@@H](C(=O)N2CCc3cc(OCc4ccc(CC(C)C)cc4OC(F)(F)F)ccc32)N1C. The normalized spacial score (nSPS) is 19.5. The Morgan fingerprint density at radius 2 is 1.82 bits per heavy atom. The zero-order valence-corrected chi connectivity index (χ0v) is 22.0. The average Bonchev–Trinajstić information content (AvgIpc) is 3.44. The predicted octanol–water partition coefficient (Wildman–Crippen LogP) is 4.89. The molecule has 2 aliphatic rings. The molecule has 7 nitrogen and oxygen atoms in total. The molecule has 2 atom stereocenters. The Kier molecular flexibility index (Phi) is 8.20. The van der Waals surface area contributed by atoms with Gasteiger partial charge in [0, 0.05) is 17.8 Å². The largest absolute Gasteiger partial charge is 0.573 e. The Balaban J connectivity index is 1.45. The first kappa shape index (κ1) is 27.8. The number of rotatable bonds is 8. The van der Waals surface area contributed by atoms with Gasteiger partial charge in [0.15, 0.2) is 0 Å². The van der Waals surface area contributed by atoms with Crippen molar-refractivity contribution in [3.8, 4) is 11.5 Å². The summed E-state index contributed by atoms with van der Waals surface area (Å²) >= 11 is 0. The van der Waals surface area contributed by atoms with Gasteiger partial charge >= 0.3 is 12.3 Å². The number of methoxy groups -OCH3 is 1. The van der Waals surface area contributed by atoms with Crippen molar-refractivity contribution in [2.24, 2.45) is 5.92 Å². The van der Waals surface area contributed by atoms with Gasteiger partial charge in [-0.15, -0.1) is 13.2 Å². The second-order valence-corrected chi connectivity index (χ2v) is 10.2. The number of benzene rings is 2. The molecule has 0 aliphatic carbocycles. The Morgan fingerprint density at radius 1 is 1.08 bits per heavy atom. The summed E-state index contributed by atoms with van der Waals surface area (Å²) in [5, 5.41) is 0. The molecule has 0 spiro atoms. The van der Waals surface area contributed by atoms with Crippen molar-refractivity contribution in [1.29, 1.82) is 0 Å². The van der Waals surface area contributed by atoms with Gasteiger partial charge < -0.3 is 19.1 Å². The molecule has 2 heterocycles. The number of halogens is 3. The van der Waals surface area contributed by atoms with E-state index >= 15 is 0 Å². The van der Waals surface area contributed by atoms with Gasteiger partial charge in [0.2, 0.25) is 5.91 Å². The second-order valence-electron chi connectivity index (χ2n) is 10.2. The lowest BCUT2D eigenvalue weighted by Crippen LogP contribution is -2.47. The Bertz CT molecular complexity index is 1180. The van der Waals surface area contributed by atoms with Gasteiger partial charge in [0.25, 0.3) is 0 Å². The number of ether oxygens (including phenoxy) is 3. The van der Waals surface area contributed by atoms with Crippen LogP contribution in [-0.4, -0.2) is 55.9 Å². The third kappa shape index (κ3) is 6.23. The van der Waals surface area contributed by atoms with E-state index in [9.17, 15) is 22.8 Å². The maximum Gasteiger partial charge on any atom is 0.573 e. The molecule has 38 heavy (non-hydrogen) atoms. The van der Waals surface area contributed by atoms with Crippen LogP contribution in [0.5, 0.6) is 11.5 Å². The number of amides is 1. The molecule has 2 aromatic rings. The van der Waals surface area contributed by atoms with Gasteiger partial charge in [0.05, 0.1) is 13.2 Å². The van der Waals surface area contributed by atoms with Crippen LogP contribution in [0.2, 0.25) is 0 Å². The quantitative estimate of drug-likeness (QED) is 0.450. The van der Waals surface area contributed by atoms with E-state index in [1.54, 1.807) is 41.1 Å². The minimum Gasteiger partial charge on any atom is -0.489 e. The van der Waals surface area contributed by atoms with Crippen LogP contribution in [0.4, 0.5) is 18.9 Å². The van der Waals surface area contributed by atoms with Crippen LogP contribution in [0.15, 0.2) is 36.4 Å². The lowest BCUT2D eigenvalue weighted by molar-refractivity contribution is -0.275. The summed E-state index contributed by atoms with van der Waals surface area (Å²) < 4.78 is 54.1. The van der Waals surface area contributed by atoms with Crippen LogP contribution in [0.3, 0.4) is 0 Å². The van der Waals surface area contributed by atoms with Crippen molar-refractivity contribution in [2.75, 3.05) is 25.6 Å². The summed E-state index contributed by atoms with van der Waals surface area (Å²) in [6.07, 6.45) is -2.41. The van der Waals surface area contributed by atoms with Crippen molar-refractivity contribution >= 4 is 17.6 Å². The summed E-state index contributed by atoms with van der Waals surface area (Å²) in [7, 11) is 3.10. The van der Waals surface area contributed by atoms with E-state index in [1.807, 2.05) is 19.9 Å². The molecule has 206 valence electrons. The lowest BCUT2D eigenvalue weighted by atomic mass is 10.0. The van der Waals surface area contributed by atoms with E-state index in [1.165, 1.54) is 13.2 Å². The maximum atomic E-state index is 13.3. The van der Waals surface area contributed by atoms with Crippen LogP contribution in [0.1, 0.15) is 43.4 Å². The number of anilines is 1. The molecule has 0 aromatic heterocycles. The molecule has 1 fully saturated rings. The van der Waals surface area contributed by atoms with E-state index in [2.05, 4.69) is 4.74 Å². The minimum absolute atomic E-state index is 0.0678. The average molecular weight is 535 g/mol. The molecule has 1 saturated heterocycles. The van der Waals surface area contributed by atoms with E-state index in [0.29, 0.717) is 38.0 Å². The fourth-order valence-corrected chi connectivity index (χ4v) is 5.23. The van der Waals surface area contributed by atoms with Crippen LogP contribution < -0.4 is 14.4 Å². The third-order valence-corrected chi connectivity index (χ3v) is 7.06. The highest BCUT2D eigenvalue weighted by Gasteiger charge is 2.42. The lowest BCUT2D eigenvalue weighted by Gasteiger charge is -2.27. The molecule has 4 rings (SSSR count). The first-order valence-corrected chi connectivity index (χ1v) is 12.7. The standard InChI is InChI=1S/C28H33F3N2O5/c1-17(2)13-18-5-6-20(25(14-18)38-28(29,30)31)16-37-21-7-8-22-19(15-21)11-12-33(22)26(34)23-9-10-24(32(23)3)27(35)36-4/h5-8,14-15,17,23-24H,9-13,16H2,1-4H3/t23-,24-/m0/s1. The minimum atomic E-state index is -4.81. The van der Waals surface area contributed by atoms with Crippen molar-refractivity contribution < 1.29 is 37.0 Å². The number of hydrogen-bond donors (Lipinski definition) is 0. The molecule has 1 amide bonds.